The van der Waals surface area contributed by atoms with Crippen LogP contribution in [0.25, 0.3) is 27.6 Å². The maximum atomic E-state index is 6.30. The Hall–Kier alpha value is -4.25. The molecular formula is C23H22ClN9O2. The Balaban J connectivity index is 1.60. The molecule has 0 aliphatic rings. The summed E-state index contributed by atoms with van der Waals surface area (Å²) in [6, 6.07) is 5.64. The van der Waals surface area contributed by atoms with Gasteiger partial charge in [-0.2, -0.15) is 5.10 Å². The molecular weight excluding hydrogens is 470 g/mol. The minimum Gasteiger partial charge on any atom is -0.495 e. The molecule has 35 heavy (non-hydrogen) atoms. The average Bonchev–Trinajstić information content (AvgIpc) is 3.53. The van der Waals surface area contributed by atoms with Crippen LogP contribution >= 0.6 is 11.6 Å². The molecule has 0 atom stereocenters. The first-order valence-corrected chi connectivity index (χ1v) is 11.2. The fourth-order valence-electron chi connectivity index (χ4n) is 3.83. The van der Waals surface area contributed by atoms with Crippen LogP contribution in [0.2, 0.25) is 5.02 Å². The van der Waals surface area contributed by atoms with Crippen molar-refractivity contribution in [3.05, 3.63) is 59.4 Å². The van der Waals surface area contributed by atoms with Crippen molar-refractivity contribution in [2.75, 3.05) is 19.5 Å². The number of rotatable bonds is 8. The highest BCUT2D eigenvalue weighted by Crippen LogP contribution is 2.32. The number of nitrogens with one attached hydrogen (secondary N) is 1. The Morgan fingerprint density at radius 2 is 2.03 bits per heavy atom. The molecule has 4 aromatic heterocycles. The van der Waals surface area contributed by atoms with E-state index >= 15 is 0 Å². The Kier molecular flexibility index (Phi) is 6.15. The van der Waals surface area contributed by atoms with E-state index in [1.165, 1.54) is 13.3 Å². The lowest BCUT2D eigenvalue weighted by atomic mass is 10.1. The van der Waals surface area contributed by atoms with E-state index in [1.807, 2.05) is 29.8 Å². The number of pyridine rings is 1. The molecule has 0 bridgehead atoms. The second-order valence-corrected chi connectivity index (χ2v) is 7.97. The Morgan fingerprint density at radius 1 is 1.14 bits per heavy atom. The summed E-state index contributed by atoms with van der Waals surface area (Å²) in [4.78, 5) is 13.7. The second-order valence-electron chi connectivity index (χ2n) is 7.56. The van der Waals surface area contributed by atoms with Crippen molar-refractivity contribution in [1.82, 2.24) is 34.5 Å². The molecule has 0 aliphatic heterocycles. The van der Waals surface area contributed by atoms with E-state index in [4.69, 9.17) is 21.2 Å². The van der Waals surface area contributed by atoms with Crippen molar-refractivity contribution >= 4 is 45.4 Å². The van der Waals surface area contributed by atoms with Gasteiger partial charge >= 0.3 is 0 Å². The summed E-state index contributed by atoms with van der Waals surface area (Å²) in [7, 11) is 3.07. The van der Waals surface area contributed by atoms with Gasteiger partial charge < -0.3 is 14.9 Å². The predicted octanol–water partition coefficient (Wildman–Crippen LogP) is 3.83. The van der Waals surface area contributed by atoms with Crippen molar-refractivity contribution in [2.24, 2.45) is 5.16 Å². The molecule has 5 aromatic rings. The van der Waals surface area contributed by atoms with Crippen LogP contribution in [-0.4, -0.2) is 54.9 Å². The van der Waals surface area contributed by atoms with E-state index in [2.05, 4.69) is 35.7 Å². The van der Waals surface area contributed by atoms with Crippen LogP contribution in [-0.2, 0) is 17.9 Å². The van der Waals surface area contributed by atoms with Crippen LogP contribution in [0.4, 0.5) is 5.82 Å². The fourth-order valence-corrected chi connectivity index (χ4v) is 4.11. The summed E-state index contributed by atoms with van der Waals surface area (Å²) < 4.78 is 8.87. The van der Waals surface area contributed by atoms with E-state index in [9.17, 15) is 0 Å². The van der Waals surface area contributed by atoms with Crippen LogP contribution in [0.1, 0.15) is 18.2 Å². The lowest BCUT2D eigenvalue weighted by molar-refractivity contribution is 0.215. The number of ether oxygens (including phenoxy) is 1. The van der Waals surface area contributed by atoms with E-state index in [1.54, 1.807) is 36.6 Å². The normalized spacial score (nSPS) is 11.5. The molecule has 0 unspecified atom stereocenters. The second kappa shape index (κ2) is 9.55. The highest BCUT2D eigenvalue weighted by atomic mass is 35.5. The number of aryl methyl sites for hydroxylation is 1. The van der Waals surface area contributed by atoms with Gasteiger partial charge in [0.1, 0.15) is 24.9 Å². The highest BCUT2D eigenvalue weighted by Gasteiger charge is 2.17. The van der Waals surface area contributed by atoms with Gasteiger partial charge in [0, 0.05) is 36.3 Å². The lowest BCUT2D eigenvalue weighted by Crippen LogP contribution is -2.07. The van der Waals surface area contributed by atoms with E-state index in [0.29, 0.717) is 41.2 Å². The topological polar surface area (TPSA) is 117 Å². The van der Waals surface area contributed by atoms with Crippen molar-refractivity contribution in [3.8, 4) is 11.6 Å². The van der Waals surface area contributed by atoms with Gasteiger partial charge in [0.05, 0.1) is 29.9 Å². The number of aromatic nitrogens is 7. The van der Waals surface area contributed by atoms with Gasteiger partial charge in [-0.3, -0.25) is 4.57 Å². The van der Waals surface area contributed by atoms with Gasteiger partial charge in [0.25, 0.3) is 0 Å². The molecule has 0 saturated carbocycles. The molecule has 0 radical (unpaired) electrons. The Labute approximate surface area is 205 Å². The number of halogens is 1. The van der Waals surface area contributed by atoms with Crippen molar-refractivity contribution in [3.63, 3.8) is 0 Å². The highest BCUT2D eigenvalue weighted by molar-refractivity contribution is 6.32. The molecule has 0 amide bonds. The lowest BCUT2D eigenvalue weighted by Gasteiger charge is -2.13. The number of hydrogen-bond acceptors (Lipinski definition) is 9. The molecule has 178 valence electrons. The summed E-state index contributed by atoms with van der Waals surface area (Å²) >= 11 is 6.30. The number of methoxy groups -OCH3 is 1. The fraction of sp³-hybridized carbons (Fsp3) is 0.217. The zero-order valence-electron chi connectivity index (χ0n) is 19.3. The van der Waals surface area contributed by atoms with Crippen molar-refractivity contribution in [2.45, 2.75) is 20.0 Å². The number of imidazole rings is 1. The molecule has 1 N–H and O–H groups in total. The van der Waals surface area contributed by atoms with Gasteiger partial charge in [0.15, 0.2) is 17.3 Å². The van der Waals surface area contributed by atoms with Crippen LogP contribution < -0.4 is 10.1 Å². The number of anilines is 1. The first-order valence-electron chi connectivity index (χ1n) is 10.8. The van der Waals surface area contributed by atoms with Crippen LogP contribution in [0.5, 0.6) is 5.75 Å². The summed E-state index contributed by atoms with van der Waals surface area (Å²) in [6.07, 6.45) is 8.54. The number of oxime groups is 1. The van der Waals surface area contributed by atoms with Crippen LogP contribution in [0.3, 0.4) is 0 Å². The minimum absolute atomic E-state index is 0.487. The van der Waals surface area contributed by atoms with Crippen LogP contribution in [0, 0.1) is 0 Å². The summed E-state index contributed by atoms with van der Waals surface area (Å²) in [6.45, 7) is 3.21. The van der Waals surface area contributed by atoms with Crippen LogP contribution in [0.15, 0.2) is 48.3 Å². The maximum Gasteiger partial charge on any atom is 0.170 e. The molecule has 0 spiro atoms. The zero-order valence-corrected chi connectivity index (χ0v) is 20.1. The number of fused-ring (bicyclic) bond motifs is 3. The van der Waals surface area contributed by atoms with Gasteiger partial charge in [-0.15, -0.1) is 10.2 Å². The monoisotopic (exact) mass is 491 g/mol. The molecule has 0 aliphatic carbocycles. The van der Waals surface area contributed by atoms with Gasteiger partial charge in [-0.05, 0) is 24.6 Å². The zero-order chi connectivity index (χ0) is 24.4. The third-order valence-electron chi connectivity index (χ3n) is 5.50. The number of nitrogens with zero attached hydrogens (tertiary/aromatic N) is 8. The SMILES string of the molecule is CCn1ncc2c3c(NCc4ccc(OC)c(Cl)c4)nnc(-n4cnc(/C=N/OC)c4)c3cnc21. The van der Waals surface area contributed by atoms with E-state index in [-0.39, 0.29) is 0 Å². The molecule has 0 fully saturated rings. The minimum atomic E-state index is 0.487. The third kappa shape index (κ3) is 4.21. The Bertz CT molecular complexity index is 1540. The first-order chi connectivity index (χ1) is 17.1. The van der Waals surface area contributed by atoms with E-state index in [0.717, 1.165) is 27.4 Å². The Morgan fingerprint density at radius 3 is 2.80 bits per heavy atom. The standard InChI is InChI=1S/C23H22ClN9O2/c1-4-33-22-17(11-28-33)20-16(10-26-22)23(32-12-15(27-13-32)9-29-35-3)31-30-21(20)25-8-14-5-6-19(34-2)18(24)7-14/h5-7,9-13H,4,8H2,1-3H3,(H,25,30)/b29-9+. The molecule has 11 nitrogen and oxygen atoms in total. The average molecular weight is 492 g/mol. The molecule has 5 rings (SSSR count). The number of hydrogen-bond donors (Lipinski definition) is 1. The summed E-state index contributed by atoms with van der Waals surface area (Å²) in [5.41, 5.74) is 2.36. The first kappa shape index (κ1) is 22.5. The quantitative estimate of drug-likeness (QED) is 0.257. The van der Waals surface area contributed by atoms with Gasteiger partial charge in [0.2, 0.25) is 0 Å². The molecule has 1 aromatic carbocycles. The number of benzene rings is 1. The summed E-state index contributed by atoms with van der Waals surface area (Å²) in [5, 5.41) is 23.7. The van der Waals surface area contributed by atoms with Crippen molar-refractivity contribution in [1.29, 1.82) is 0 Å². The predicted molar refractivity (Wildman–Crippen MR) is 133 cm³/mol. The van der Waals surface area contributed by atoms with Gasteiger partial charge in [-0.25, -0.2) is 14.6 Å². The third-order valence-corrected chi connectivity index (χ3v) is 5.80. The largest absolute Gasteiger partial charge is 0.495 e. The molecule has 4 heterocycles. The molecule has 0 saturated heterocycles. The van der Waals surface area contributed by atoms with Gasteiger partial charge in [-0.1, -0.05) is 22.8 Å². The summed E-state index contributed by atoms with van der Waals surface area (Å²) in [5.74, 6) is 1.82. The smallest absolute Gasteiger partial charge is 0.170 e. The van der Waals surface area contributed by atoms with E-state index < -0.39 is 0 Å². The van der Waals surface area contributed by atoms with Crippen molar-refractivity contribution < 1.29 is 9.57 Å². The molecule has 12 heteroatoms. The maximum absolute atomic E-state index is 6.30.